The van der Waals surface area contributed by atoms with Crippen molar-refractivity contribution < 1.29 is 13.2 Å². The van der Waals surface area contributed by atoms with Gasteiger partial charge in [-0.05, 0) is 36.8 Å². The van der Waals surface area contributed by atoms with Gasteiger partial charge in [-0.25, -0.2) is 8.42 Å². The monoisotopic (exact) mass is 454 g/mol. The smallest absolute Gasteiger partial charge is 0.265 e. The van der Waals surface area contributed by atoms with E-state index in [0.717, 1.165) is 22.3 Å². The molecular formula is C27H22N2O3S. The van der Waals surface area contributed by atoms with Crippen LogP contribution in [0.15, 0.2) is 102 Å². The van der Waals surface area contributed by atoms with Crippen molar-refractivity contribution in [3.8, 4) is 22.3 Å². The number of carbonyl (C=O) groups excluding carboxylic acids is 1. The van der Waals surface area contributed by atoms with Crippen molar-refractivity contribution in [1.29, 1.82) is 0 Å². The highest BCUT2D eigenvalue weighted by Gasteiger charge is 2.35. The molecule has 0 unspecified atom stereocenters. The third-order valence-electron chi connectivity index (χ3n) is 5.74. The summed E-state index contributed by atoms with van der Waals surface area (Å²) in [6.07, 6.45) is 0. The van der Waals surface area contributed by atoms with Crippen molar-refractivity contribution in [2.45, 2.75) is 11.8 Å². The summed E-state index contributed by atoms with van der Waals surface area (Å²) in [5, 5.41) is 2.92. The predicted molar refractivity (Wildman–Crippen MR) is 132 cm³/mol. The number of fused-ring (bicyclic) bond motifs is 3. The van der Waals surface area contributed by atoms with E-state index in [1.807, 2.05) is 79.7 Å². The maximum atomic E-state index is 13.5. The lowest BCUT2D eigenvalue weighted by atomic mass is 10.0. The molecule has 0 spiro atoms. The number of carbonyl (C=O) groups is 1. The third kappa shape index (κ3) is 3.79. The number of hydrogen-bond acceptors (Lipinski definition) is 3. The van der Waals surface area contributed by atoms with E-state index in [9.17, 15) is 13.2 Å². The van der Waals surface area contributed by atoms with Gasteiger partial charge in [0.2, 0.25) is 5.91 Å². The van der Waals surface area contributed by atoms with Crippen LogP contribution in [-0.2, 0) is 14.8 Å². The highest BCUT2D eigenvalue weighted by atomic mass is 32.2. The van der Waals surface area contributed by atoms with Gasteiger partial charge in [-0.15, -0.1) is 0 Å². The van der Waals surface area contributed by atoms with Gasteiger partial charge in [0.25, 0.3) is 10.0 Å². The SMILES string of the molecule is Cc1ccc2c(c1)-c1ccccc1S(=O)(=O)N2CC(=O)Nc1ccccc1-c1ccccc1. The first kappa shape index (κ1) is 21.0. The molecule has 0 aliphatic carbocycles. The second-order valence-electron chi connectivity index (χ2n) is 7.99. The van der Waals surface area contributed by atoms with Crippen LogP contribution in [0.1, 0.15) is 5.56 Å². The molecule has 0 atom stereocenters. The highest BCUT2D eigenvalue weighted by molar-refractivity contribution is 7.93. The van der Waals surface area contributed by atoms with Crippen LogP contribution >= 0.6 is 0 Å². The topological polar surface area (TPSA) is 66.5 Å². The Morgan fingerprint density at radius 3 is 2.24 bits per heavy atom. The summed E-state index contributed by atoms with van der Waals surface area (Å²) in [5.41, 5.74) is 5.45. The molecular weight excluding hydrogens is 432 g/mol. The largest absolute Gasteiger partial charge is 0.324 e. The predicted octanol–water partition coefficient (Wildman–Crippen LogP) is 5.48. The minimum absolute atomic E-state index is 0.209. The number of amides is 1. The van der Waals surface area contributed by atoms with Crippen LogP contribution in [0.3, 0.4) is 0 Å². The molecule has 33 heavy (non-hydrogen) atoms. The van der Waals surface area contributed by atoms with Crippen LogP contribution in [-0.4, -0.2) is 20.9 Å². The highest BCUT2D eigenvalue weighted by Crippen LogP contribution is 2.43. The average Bonchev–Trinajstić information content (AvgIpc) is 2.83. The first-order valence-electron chi connectivity index (χ1n) is 10.6. The summed E-state index contributed by atoms with van der Waals surface area (Å²) in [6.45, 7) is 1.64. The van der Waals surface area contributed by atoms with Crippen LogP contribution in [0.2, 0.25) is 0 Å². The van der Waals surface area contributed by atoms with Gasteiger partial charge in [0, 0.05) is 22.4 Å². The van der Waals surface area contributed by atoms with Crippen molar-refractivity contribution in [3.63, 3.8) is 0 Å². The quantitative estimate of drug-likeness (QED) is 0.444. The number of sulfonamides is 1. The zero-order valence-corrected chi connectivity index (χ0v) is 18.8. The molecule has 1 aliphatic rings. The van der Waals surface area contributed by atoms with E-state index in [-0.39, 0.29) is 11.4 Å². The zero-order chi connectivity index (χ0) is 23.0. The molecule has 0 saturated heterocycles. The van der Waals surface area contributed by atoms with Gasteiger partial charge in [-0.1, -0.05) is 78.4 Å². The first-order valence-corrected chi connectivity index (χ1v) is 12.1. The number of nitrogens with zero attached hydrogens (tertiary/aromatic N) is 1. The Bertz CT molecular complexity index is 1460. The number of aryl methyl sites for hydroxylation is 1. The van der Waals surface area contributed by atoms with E-state index in [2.05, 4.69) is 5.32 Å². The van der Waals surface area contributed by atoms with Crippen molar-refractivity contribution in [2.24, 2.45) is 0 Å². The average molecular weight is 455 g/mol. The molecule has 0 radical (unpaired) electrons. The molecule has 1 aliphatic heterocycles. The molecule has 1 heterocycles. The second kappa shape index (κ2) is 8.22. The first-order chi connectivity index (χ1) is 15.9. The molecule has 0 bridgehead atoms. The van der Waals surface area contributed by atoms with Gasteiger partial charge < -0.3 is 5.32 Å². The van der Waals surface area contributed by atoms with Gasteiger partial charge in [-0.3, -0.25) is 9.10 Å². The molecule has 0 saturated carbocycles. The maximum Gasteiger partial charge on any atom is 0.265 e. The van der Waals surface area contributed by atoms with Crippen LogP contribution in [0.4, 0.5) is 11.4 Å². The zero-order valence-electron chi connectivity index (χ0n) is 18.0. The van der Waals surface area contributed by atoms with Crippen molar-refractivity contribution in [1.82, 2.24) is 0 Å². The van der Waals surface area contributed by atoms with E-state index in [1.54, 1.807) is 24.3 Å². The van der Waals surface area contributed by atoms with Gasteiger partial charge in [0.15, 0.2) is 0 Å². The minimum atomic E-state index is -3.89. The van der Waals surface area contributed by atoms with Crippen molar-refractivity contribution in [2.75, 3.05) is 16.2 Å². The van der Waals surface area contributed by atoms with E-state index >= 15 is 0 Å². The number of rotatable bonds is 4. The Labute approximate surface area is 193 Å². The molecule has 0 aromatic heterocycles. The normalized spacial score (nSPS) is 13.7. The number of hydrogen-bond donors (Lipinski definition) is 1. The Morgan fingerprint density at radius 1 is 0.788 bits per heavy atom. The Hall–Kier alpha value is -3.90. The molecule has 5 rings (SSSR count). The second-order valence-corrected chi connectivity index (χ2v) is 9.82. The Kier molecular flexibility index (Phi) is 5.23. The number of anilines is 2. The number of nitrogens with one attached hydrogen (secondary N) is 1. The molecule has 0 fully saturated rings. The molecule has 5 nitrogen and oxygen atoms in total. The molecule has 1 N–H and O–H groups in total. The van der Waals surface area contributed by atoms with Gasteiger partial charge in [0.1, 0.15) is 6.54 Å². The van der Waals surface area contributed by atoms with Crippen LogP contribution in [0.25, 0.3) is 22.3 Å². The van der Waals surface area contributed by atoms with E-state index in [0.29, 0.717) is 16.9 Å². The fraction of sp³-hybridized carbons (Fsp3) is 0.0741. The summed E-state index contributed by atoms with van der Waals surface area (Å²) >= 11 is 0. The van der Waals surface area contributed by atoms with Gasteiger partial charge in [-0.2, -0.15) is 0 Å². The van der Waals surface area contributed by atoms with Gasteiger partial charge in [0.05, 0.1) is 10.6 Å². The molecule has 1 amide bonds. The number of benzene rings is 4. The van der Waals surface area contributed by atoms with E-state index < -0.39 is 15.9 Å². The lowest BCUT2D eigenvalue weighted by Gasteiger charge is -2.32. The molecule has 4 aromatic rings. The Balaban J connectivity index is 1.50. The maximum absolute atomic E-state index is 13.5. The molecule has 164 valence electrons. The van der Waals surface area contributed by atoms with Crippen LogP contribution < -0.4 is 9.62 Å². The molecule has 4 aromatic carbocycles. The van der Waals surface area contributed by atoms with E-state index in [4.69, 9.17) is 0 Å². The lowest BCUT2D eigenvalue weighted by Crippen LogP contribution is -2.40. The summed E-state index contributed by atoms with van der Waals surface area (Å²) < 4.78 is 28.1. The number of para-hydroxylation sites is 1. The van der Waals surface area contributed by atoms with Crippen LogP contribution in [0.5, 0.6) is 0 Å². The van der Waals surface area contributed by atoms with E-state index in [1.165, 1.54) is 4.31 Å². The Morgan fingerprint density at radius 2 is 1.45 bits per heavy atom. The van der Waals surface area contributed by atoms with Crippen LogP contribution in [0, 0.1) is 6.92 Å². The van der Waals surface area contributed by atoms with Crippen molar-refractivity contribution >= 4 is 27.3 Å². The summed E-state index contributed by atoms with van der Waals surface area (Å²) in [6, 6.07) is 29.7. The standard InChI is InChI=1S/C27H22N2O3S/c1-19-15-16-25-23(17-19)22-12-6-8-14-26(22)33(31,32)29(25)18-27(30)28-24-13-7-5-11-21(24)20-9-3-2-4-10-20/h2-17H,18H2,1H3,(H,28,30). The fourth-order valence-corrected chi connectivity index (χ4v) is 5.85. The fourth-order valence-electron chi connectivity index (χ4n) is 4.20. The summed E-state index contributed by atoms with van der Waals surface area (Å²) in [7, 11) is -3.89. The van der Waals surface area contributed by atoms with Gasteiger partial charge >= 0.3 is 0 Å². The minimum Gasteiger partial charge on any atom is -0.324 e. The molecule has 6 heteroatoms. The summed E-state index contributed by atoms with van der Waals surface area (Å²) in [4.78, 5) is 13.3. The van der Waals surface area contributed by atoms with Crippen molar-refractivity contribution in [3.05, 3.63) is 103 Å². The third-order valence-corrected chi connectivity index (χ3v) is 7.56. The lowest BCUT2D eigenvalue weighted by molar-refractivity contribution is -0.114. The summed E-state index contributed by atoms with van der Waals surface area (Å²) in [5.74, 6) is -0.409.